The molecule has 1 fully saturated rings. The number of ether oxygens (including phenoxy) is 1. The summed E-state index contributed by atoms with van der Waals surface area (Å²) < 4.78 is 5.43. The van der Waals surface area contributed by atoms with E-state index in [-0.39, 0.29) is 25.3 Å². The van der Waals surface area contributed by atoms with Gasteiger partial charge in [0.1, 0.15) is 0 Å². The topological polar surface area (TPSA) is 92.8 Å². The third-order valence-electron chi connectivity index (χ3n) is 5.03. The Labute approximate surface area is 195 Å². The molecule has 0 spiro atoms. The van der Waals surface area contributed by atoms with Crippen molar-refractivity contribution in [3.8, 4) is 0 Å². The van der Waals surface area contributed by atoms with Crippen molar-refractivity contribution < 1.29 is 23.9 Å². The lowest BCUT2D eigenvalue weighted by atomic mass is 10.0. The zero-order chi connectivity index (χ0) is 23.3. The van der Waals surface area contributed by atoms with E-state index < -0.39 is 35.6 Å². The molecule has 7 nitrogen and oxygen atoms in total. The summed E-state index contributed by atoms with van der Waals surface area (Å²) in [5.41, 5.74) is 4.17. The largest absolute Gasteiger partial charge is 0.454 e. The first kappa shape index (κ1) is 23.8. The molecule has 9 heteroatoms. The van der Waals surface area contributed by atoms with E-state index in [4.69, 9.17) is 27.9 Å². The molecule has 168 valence electrons. The summed E-state index contributed by atoms with van der Waals surface area (Å²) in [6, 6.07) is 13.1. The molecule has 32 heavy (non-hydrogen) atoms. The van der Waals surface area contributed by atoms with Crippen LogP contribution in [0.4, 0.5) is 0 Å². The van der Waals surface area contributed by atoms with E-state index in [0.29, 0.717) is 16.1 Å². The van der Waals surface area contributed by atoms with Crippen LogP contribution in [-0.2, 0) is 14.3 Å². The lowest BCUT2D eigenvalue weighted by molar-refractivity contribution is -0.151. The van der Waals surface area contributed by atoms with E-state index in [9.17, 15) is 19.2 Å². The molecule has 0 aromatic heterocycles. The minimum absolute atomic E-state index is 0.0437. The zero-order valence-corrected chi connectivity index (χ0v) is 18.9. The van der Waals surface area contributed by atoms with Crippen molar-refractivity contribution >= 4 is 46.8 Å². The highest BCUT2D eigenvalue weighted by Gasteiger charge is 2.38. The number of nitrogens with zero attached hydrogens (tertiary/aromatic N) is 1. The number of carbonyl (C=O) groups excluding carboxylic acids is 4. The highest BCUT2D eigenvalue weighted by Crippen LogP contribution is 2.21. The Kier molecular flexibility index (Phi) is 7.88. The number of rotatable bonds is 8. The van der Waals surface area contributed by atoms with Crippen LogP contribution in [0, 0.1) is 12.8 Å². The molecule has 2 aromatic carbocycles. The third kappa shape index (κ3) is 5.87. The fourth-order valence-corrected chi connectivity index (χ4v) is 3.65. The van der Waals surface area contributed by atoms with Gasteiger partial charge in [-0.1, -0.05) is 29.3 Å². The molecular formula is C23H22Cl2N2O5. The fourth-order valence-electron chi connectivity index (χ4n) is 3.33. The quantitative estimate of drug-likeness (QED) is 0.357. The van der Waals surface area contributed by atoms with Crippen LogP contribution in [0.15, 0.2) is 48.5 Å². The minimum atomic E-state index is -1.08. The Hall–Kier alpha value is -2.90. The van der Waals surface area contributed by atoms with Crippen LogP contribution in [0.2, 0.25) is 5.02 Å². The Morgan fingerprint density at radius 3 is 2.53 bits per heavy atom. The van der Waals surface area contributed by atoms with Crippen LogP contribution < -0.4 is 5.43 Å². The normalized spacial score (nSPS) is 16.5. The second-order valence-corrected chi connectivity index (χ2v) is 8.30. The van der Waals surface area contributed by atoms with Crippen LogP contribution in [0.1, 0.15) is 39.1 Å². The SMILES string of the molecule is Cc1cccc(C(=O)NN2C[C@@H](C(=O)O[C@@H](CCCl)C(=O)c3ccc(Cl)cc3)CC2=O)c1. The van der Waals surface area contributed by atoms with Gasteiger partial charge in [-0.25, -0.2) is 0 Å². The maximum Gasteiger partial charge on any atom is 0.312 e. The van der Waals surface area contributed by atoms with E-state index in [1.165, 1.54) is 0 Å². The molecule has 2 atom stereocenters. The van der Waals surface area contributed by atoms with Gasteiger partial charge in [-0.15, -0.1) is 11.6 Å². The van der Waals surface area contributed by atoms with Gasteiger partial charge in [0.05, 0.1) is 12.5 Å². The number of benzene rings is 2. The average Bonchev–Trinajstić information content (AvgIpc) is 3.13. The number of esters is 1. The first-order chi connectivity index (χ1) is 15.3. The molecule has 1 N–H and O–H groups in total. The van der Waals surface area contributed by atoms with Crippen molar-refractivity contribution in [2.75, 3.05) is 12.4 Å². The molecule has 1 aliphatic rings. The molecule has 2 aromatic rings. The number of nitrogens with one attached hydrogen (secondary N) is 1. The summed E-state index contributed by atoms with van der Waals surface area (Å²) >= 11 is 11.6. The van der Waals surface area contributed by atoms with Crippen LogP contribution in [0.5, 0.6) is 0 Å². The summed E-state index contributed by atoms with van der Waals surface area (Å²) in [4.78, 5) is 50.2. The molecule has 1 aliphatic heterocycles. The molecule has 3 rings (SSSR count). The molecule has 0 bridgehead atoms. The first-order valence-corrected chi connectivity index (χ1v) is 10.9. The van der Waals surface area contributed by atoms with E-state index in [1.807, 2.05) is 13.0 Å². The van der Waals surface area contributed by atoms with Gasteiger partial charge in [-0.3, -0.25) is 29.6 Å². The highest BCUT2D eigenvalue weighted by molar-refractivity contribution is 6.30. The van der Waals surface area contributed by atoms with Crippen molar-refractivity contribution in [3.05, 3.63) is 70.2 Å². The number of amides is 2. The smallest absolute Gasteiger partial charge is 0.312 e. The van der Waals surface area contributed by atoms with Gasteiger partial charge in [0.2, 0.25) is 11.7 Å². The van der Waals surface area contributed by atoms with Gasteiger partial charge >= 0.3 is 5.97 Å². The van der Waals surface area contributed by atoms with Crippen molar-refractivity contribution in [2.24, 2.45) is 5.92 Å². The maximum absolute atomic E-state index is 12.7. The molecule has 0 unspecified atom stereocenters. The van der Waals surface area contributed by atoms with Crippen LogP contribution in [0.25, 0.3) is 0 Å². The Morgan fingerprint density at radius 2 is 1.88 bits per heavy atom. The lowest BCUT2D eigenvalue weighted by Crippen LogP contribution is -2.43. The fraction of sp³-hybridized carbons (Fsp3) is 0.304. The number of Topliss-reactive ketones (excluding diaryl/α,β-unsaturated/α-hetero) is 1. The van der Waals surface area contributed by atoms with Gasteiger partial charge in [-0.05, 0) is 43.3 Å². The Balaban J connectivity index is 1.62. The molecule has 1 heterocycles. The number of hydrogen-bond acceptors (Lipinski definition) is 5. The monoisotopic (exact) mass is 476 g/mol. The molecule has 0 aliphatic carbocycles. The molecule has 1 saturated heterocycles. The predicted octanol–water partition coefficient (Wildman–Crippen LogP) is 3.57. The zero-order valence-electron chi connectivity index (χ0n) is 17.3. The van der Waals surface area contributed by atoms with Gasteiger partial charge in [0, 0.05) is 34.9 Å². The summed E-state index contributed by atoms with van der Waals surface area (Å²) in [5, 5.41) is 1.58. The van der Waals surface area contributed by atoms with Crippen LogP contribution >= 0.6 is 23.2 Å². The standard InChI is InChI=1S/C23H22Cl2N2O5/c1-14-3-2-4-16(11-14)22(30)26-27-13-17(12-20(27)28)23(31)32-19(9-10-24)21(29)15-5-7-18(25)8-6-15/h2-8,11,17,19H,9-10,12-13H2,1H3,(H,26,30)/t17-,19-/m0/s1. The Morgan fingerprint density at radius 1 is 1.16 bits per heavy atom. The molecule has 0 saturated carbocycles. The van der Waals surface area contributed by atoms with Crippen molar-refractivity contribution in [3.63, 3.8) is 0 Å². The third-order valence-corrected chi connectivity index (χ3v) is 5.50. The van der Waals surface area contributed by atoms with E-state index in [1.54, 1.807) is 42.5 Å². The number of halogens is 2. The number of ketones is 1. The summed E-state index contributed by atoms with van der Waals surface area (Å²) in [7, 11) is 0. The van der Waals surface area contributed by atoms with Gasteiger partial charge in [0.15, 0.2) is 6.10 Å². The molecule has 2 amide bonds. The van der Waals surface area contributed by atoms with Gasteiger partial charge < -0.3 is 4.74 Å². The van der Waals surface area contributed by atoms with Gasteiger partial charge in [0.25, 0.3) is 5.91 Å². The summed E-state index contributed by atoms with van der Waals surface area (Å²) in [5.74, 6) is -2.65. The number of hydrazine groups is 1. The van der Waals surface area contributed by atoms with E-state index in [0.717, 1.165) is 10.6 Å². The second kappa shape index (κ2) is 10.6. The number of aryl methyl sites for hydroxylation is 1. The number of hydrogen-bond donors (Lipinski definition) is 1. The minimum Gasteiger partial charge on any atom is -0.454 e. The lowest BCUT2D eigenvalue weighted by Gasteiger charge is -2.20. The summed E-state index contributed by atoms with van der Waals surface area (Å²) in [6.45, 7) is 1.81. The second-order valence-electron chi connectivity index (χ2n) is 7.49. The molecule has 0 radical (unpaired) electrons. The number of alkyl halides is 1. The van der Waals surface area contributed by atoms with Crippen molar-refractivity contribution in [2.45, 2.75) is 25.9 Å². The maximum atomic E-state index is 12.7. The van der Waals surface area contributed by atoms with E-state index in [2.05, 4.69) is 5.43 Å². The van der Waals surface area contributed by atoms with E-state index >= 15 is 0 Å². The van der Waals surface area contributed by atoms with Gasteiger partial charge in [-0.2, -0.15) is 0 Å². The van der Waals surface area contributed by atoms with Crippen LogP contribution in [-0.4, -0.2) is 47.1 Å². The van der Waals surface area contributed by atoms with Crippen molar-refractivity contribution in [1.82, 2.24) is 10.4 Å². The van der Waals surface area contributed by atoms with Crippen molar-refractivity contribution in [1.29, 1.82) is 0 Å². The summed E-state index contributed by atoms with van der Waals surface area (Å²) in [6.07, 6.45) is -1.08. The van der Waals surface area contributed by atoms with Crippen LogP contribution in [0.3, 0.4) is 0 Å². The Bertz CT molecular complexity index is 1030. The number of carbonyl (C=O) groups is 4. The highest BCUT2D eigenvalue weighted by atomic mass is 35.5. The average molecular weight is 477 g/mol. The first-order valence-electron chi connectivity index (χ1n) is 10.0. The molecular weight excluding hydrogens is 455 g/mol. The predicted molar refractivity (Wildman–Crippen MR) is 119 cm³/mol.